The van der Waals surface area contributed by atoms with E-state index in [2.05, 4.69) is 5.32 Å². The van der Waals surface area contributed by atoms with E-state index in [4.69, 9.17) is 9.15 Å². The minimum absolute atomic E-state index is 0.0749. The Balaban J connectivity index is 1.74. The number of nitriles is 1. The number of esters is 1. The van der Waals surface area contributed by atoms with Crippen LogP contribution >= 0.6 is 0 Å². The summed E-state index contributed by atoms with van der Waals surface area (Å²) in [6, 6.07) is 19.4. The van der Waals surface area contributed by atoms with Gasteiger partial charge in [0.1, 0.15) is 23.2 Å². The zero-order valence-corrected chi connectivity index (χ0v) is 16.6. The molecular formula is C24H20N2O4. The molecule has 0 aliphatic rings. The third kappa shape index (κ3) is 5.03. The molecule has 6 nitrogen and oxygen atoms in total. The van der Waals surface area contributed by atoms with E-state index in [9.17, 15) is 14.9 Å². The molecule has 0 radical (unpaired) electrons. The van der Waals surface area contributed by atoms with Gasteiger partial charge in [-0.25, -0.2) is 4.79 Å². The van der Waals surface area contributed by atoms with Crippen LogP contribution in [0.2, 0.25) is 0 Å². The van der Waals surface area contributed by atoms with Gasteiger partial charge in [0.05, 0.1) is 12.2 Å². The largest absolute Gasteiger partial charge is 0.462 e. The zero-order chi connectivity index (χ0) is 21.5. The molecule has 1 aromatic heterocycles. The highest BCUT2D eigenvalue weighted by molar-refractivity contribution is 6.09. The van der Waals surface area contributed by atoms with Crippen LogP contribution in [0.3, 0.4) is 0 Å². The maximum Gasteiger partial charge on any atom is 0.338 e. The summed E-state index contributed by atoms with van der Waals surface area (Å²) in [7, 11) is 0. The Morgan fingerprint density at radius 1 is 1.07 bits per heavy atom. The lowest BCUT2D eigenvalue weighted by Gasteiger charge is -2.04. The summed E-state index contributed by atoms with van der Waals surface area (Å²) in [6.45, 7) is 4.01. The molecule has 0 aliphatic carbocycles. The molecule has 6 heteroatoms. The Morgan fingerprint density at radius 2 is 1.77 bits per heavy atom. The average Bonchev–Trinajstić information content (AvgIpc) is 3.22. The van der Waals surface area contributed by atoms with E-state index in [1.54, 1.807) is 55.5 Å². The first kappa shape index (κ1) is 20.6. The fourth-order valence-corrected chi connectivity index (χ4v) is 2.70. The monoisotopic (exact) mass is 400 g/mol. The average molecular weight is 400 g/mol. The smallest absolute Gasteiger partial charge is 0.338 e. The first-order valence-electron chi connectivity index (χ1n) is 9.37. The topological polar surface area (TPSA) is 92.3 Å². The molecule has 0 spiro atoms. The number of carbonyl (C=O) groups is 2. The number of aryl methyl sites for hydroxylation is 1. The van der Waals surface area contributed by atoms with Crippen molar-refractivity contribution in [1.29, 1.82) is 5.26 Å². The highest BCUT2D eigenvalue weighted by Crippen LogP contribution is 2.24. The first-order chi connectivity index (χ1) is 14.5. The van der Waals surface area contributed by atoms with Crippen molar-refractivity contribution >= 4 is 23.6 Å². The minimum atomic E-state index is -0.516. The maximum atomic E-state index is 12.4. The molecule has 0 unspecified atom stereocenters. The number of amides is 1. The number of furan rings is 1. The quantitative estimate of drug-likeness (QED) is 0.358. The van der Waals surface area contributed by atoms with Gasteiger partial charge in [0, 0.05) is 17.3 Å². The van der Waals surface area contributed by atoms with Gasteiger partial charge in [-0.15, -0.1) is 0 Å². The van der Waals surface area contributed by atoms with Gasteiger partial charge < -0.3 is 14.5 Å². The van der Waals surface area contributed by atoms with Crippen molar-refractivity contribution in [1.82, 2.24) is 0 Å². The first-order valence-corrected chi connectivity index (χ1v) is 9.37. The highest BCUT2D eigenvalue weighted by Gasteiger charge is 2.12. The van der Waals surface area contributed by atoms with Crippen LogP contribution < -0.4 is 5.32 Å². The number of ether oxygens (including phenoxy) is 1. The summed E-state index contributed by atoms with van der Waals surface area (Å²) in [5.74, 6) is 0.0198. The highest BCUT2D eigenvalue weighted by atomic mass is 16.5. The molecule has 0 saturated carbocycles. The number of hydrogen-bond acceptors (Lipinski definition) is 5. The second-order valence-corrected chi connectivity index (χ2v) is 6.49. The number of anilines is 1. The molecule has 3 rings (SSSR count). The number of benzene rings is 2. The minimum Gasteiger partial charge on any atom is -0.462 e. The molecule has 1 heterocycles. The molecule has 0 fully saturated rings. The molecule has 2 aromatic carbocycles. The molecule has 0 aliphatic heterocycles. The zero-order valence-electron chi connectivity index (χ0n) is 16.6. The van der Waals surface area contributed by atoms with Crippen molar-refractivity contribution in [2.24, 2.45) is 0 Å². The second kappa shape index (κ2) is 9.39. The van der Waals surface area contributed by atoms with E-state index in [0.717, 1.165) is 11.1 Å². The normalized spacial score (nSPS) is 10.9. The molecule has 0 atom stereocenters. The second-order valence-electron chi connectivity index (χ2n) is 6.49. The van der Waals surface area contributed by atoms with Crippen molar-refractivity contribution < 1.29 is 18.7 Å². The molecule has 0 bridgehead atoms. The van der Waals surface area contributed by atoms with E-state index in [1.165, 1.54) is 6.08 Å². The number of hydrogen-bond donors (Lipinski definition) is 1. The Bertz CT molecular complexity index is 1120. The molecule has 1 N–H and O–H groups in total. The fourth-order valence-electron chi connectivity index (χ4n) is 2.70. The Hall–Kier alpha value is -4.11. The summed E-state index contributed by atoms with van der Waals surface area (Å²) in [5.41, 5.74) is 2.81. The number of nitrogens with zero attached hydrogens (tertiary/aromatic N) is 1. The molecule has 0 saturated heterocycles. The van der Waals surface area contributed by atoms with Crippen LogP contribution in [0, 0.1) is 18.3 Å². The molecule has 1 amide bonds. The van der Waals surface area contributed by atoms with Crippen molar-refractivity contribution in [3.63, 3.8) is 0 Å². The number of rotatable bonds is 6. The van der Waals surface area contributed by atoms with E-state index in [0.29, 0.717) is 29.4 Å². The van der Waals surface area contributed by atoms with Crippen LogP contribution in [0.15, 0.2) is 70.7 Å². The Kier molecular flexibility index (Phi) is 6.46. The lowest BCUT2D eigenvalue weighted by atomic mass is 10.1. The van der Waals surface area contributed by atoms with Crippen LogP contribution in [0.5, 0.6) is 0 Å². The lowest BCUT2D eigenvalue weighted by Crippen LogP contribution is -2.13. The summed E-state index contributed by atoms with van der Waals surface area (Å²) in [5, 5.41) is 12.1. The molecular weight excluding hydrogens is 380 g/mol. The third-order valence-electron chi connectivity index (χ3n) is 4.27. The van der Waals surface area contributed by atoms with Crippen molar-refractivity contribution in [3.8, 4) is 17.4 Å². The van der Waals surface area contributed by atoms with Gasteiger partial charge in [-0.3, -0.25) is 4.79 Å². The Labute approximate surface area is 174 Å². The predicted molar refractivity (Wildman–Crippen MR) is 113 cm³/mol. The summed E-state index contributed by atoms with van der Waals surface area (Å²) < 4.78 is 10.7. The van der Waals surface area contributed by atoms with Gasteiger partial charge in [-0.1, -0.05) is 29.8 Å². The van der Waals surface area contributed by atoms with E-state index in [-0.39, 0.29) is 11.5 Å². The molecule has 30 heavy (non-hydrogen) atoms. The summed E-state index contributed by atoms with van der Waals surface area (Å²) in [6.07, 6.45) is 1.39. The van der Waals surface area contributed by atoms with Gasteiger partial charge in [-0.05, 0) is 50.2 Å². The van der Waals surface area contributed by atoms with Crippen LogP contribution in [0.1, 0.15) is 28.6 Å². The molecule has 150 valence electrons. The molecule has 3 aromatic rings. The van der Waals surface area contributed by atoms with Crippen molar-refractivity contribution in [3.05, 3.63) is 83.1 Å². The maximum absolute atomic E-state index is 12.4. The SMILES string of the molecule is CCOC(=O)c1ccc(-c2ccc(/C=C(\C#N)C(=O)Nc3ccc(C)cc3)o2)cc1. The van der Waals surface area contributed by atoms with E-state index in [1.807, 2.05) is 25.1 Å². The van der Waals surface area contributed by atoms with Crippen LogP contribution in [0.25, 0.3) is 17.4 Å². The summed E-state index contributed by atoms with van der Waals surface area (Å²) >= 11 is 0. The van der Waals surface area contributed by atoms with Crippen LogP contribution in [-0.2, 0) is 9.53 Å². The van der Waals surface area contributed by atoms with E-state index >= 15 is 0 Å². The van der Waals surface area contributed by atoms with Gasteiger partial charge in [0.25, 0.3) is 5.91 Å². The Morgan fingerprint density at radius 3 is 2.40 bits per heavy atom. The van der Waals surface area contributed by atoms with Gasteiger partial charge in [0.2, 0.25) is 0 Å². The van der Waals surface area contributed by atoms with Crippen molar-refractivity contribution in [2.75, 3.05) is 11.9 Å². The van der Waals surface area contributed by atoms with Gasteiger partial charge in [0.15, 0.2) is 0 Å². The fraction of sp³-hybridized carbons (Fsp3) is 0.125. The number of carbonyl (C=O) groups excluding carboxylic acids is 2. The van der Waals surface area contributed by atoms with E-state index < -0.39 is 5.91 Å². The van der Waals surface area contributed by atoms with Crippen LogP contribution in [0.4, 0.5) is 5.69 Å². The van der Waals surface area contributed by atoms with Crippen LogP contribution in [-0.4, -0.2) is 18.5 Å². The summed E-state index contributed by atoms with van der Waals surface area (Å²) in [4.78, 5) is 24.1. The van der Waals surface area contributed by atoms with Crippen molar-refractivity contribution in [2.45, 2.75) is 13.8 Å². The third-order valence-corrected chi connectivity index (χ3v) is 4.27. The predicted octanol–water partition coefficient (Wildman–Crippen LogP) is 4.98. The van der Waals surface area contributed by atoms with Gasteiger partial charge in [-0.2, -0.15) is 5.26 Å². The van der Waals surface area contributed by atoms with Gasteiger partial charge >= 0.3 is 5.97 Å². The standard InChI is InChI=1S/C24H20N2O4/c1-3-29-24(28)18-8-6-17(7-9-18)22-13-12-21(30-22)14-19(15-25)23(27)26-20-10-4-16(2)5-11-20/h4-14H,3H2,1-2H3,(H,26,27)/b19-14+. The lowest BCUT2D eigenvalue weighted by molar-refractivity contribution is -0.112. The number of nitrogens with one attached hydrogen (secondary N) is 1.